The largest absolute Gasteiger partial charge is 0.444 e. The van der Waals surface area contributed by atoms with E-state index in [2.05, 4.69) is 34.4 Å². The standard InChI is InChI=1S/C18H30N2O2S/c1-13(15-9-10-23-12-15)20-16-8-6-5-7-14(16)11-19-17(21)22-18(2,3)4/h9-10,12-14,16,20H,5-8,11H2,1-4H3,(H,19,21). The van der Waals surface area contributed by atoms with Gasteiger partial charge in [0.1, 0.15) is 5.60 Å². The molecule has 1 saturated carbocycles. The van der Waals surface area contributed by atoms with Crippen LogP contribution < -0.4 is 10.6 Å². The maximum atomic E-state index is 11.9. The van der Waals surface area contributed by atoms with Gasteiger partial charge in [0.25, 0.3) is 0 Å². The SMILES string of the molecule is CC(NC1CCCCC1CNC(=O)OC(C)(C)C)c1ccsc1. The first-order valence-corrected chi connectivity index (χ1v) is 9.54. The van der Waals surface area contributed by atoms with Crippen LogP contribution in [0.1, 0.15) is 65.0 Å². The topological polar surface area (TPSA) is 50.4 Å². The molecule has 1 fully saturated rings. The fraction of sp³-hybridized carbons (Fsp3) is 0.722. The van der Waals surface area contributed by atoms with Gasteiger partial charge in [-0.15, -0.1) is 0 Å². The van der Waals surface area contributed by atoms with E-state index in [1.165, 1.54) is 24.8 Å². The Balaban J connectivity index is 1.84. The second-order valence-corrected chi connectivity index (χ2v) is 8.26. The van der Waals surface area contributed by atoms with E-state index in [-0.39, 0.29) is 6.09 Å². The van der Waals surface area contributed by atoms with Crippen molar-refractivity contribution in [3.8, 4) is 0 Å². The van der Waals surface area contributed by atoms with Gasteiger partial charge in [-0.25, -0.2) is 4.79 Å². The molecule has 3 atom stereocenters. The van der Waals surface area contributed by atoms with Crippen molar-refractivity contribution in [2.45, 2.75) is 71.1 Å². The molecule has 0 aliphatic heterocycles. The first-order valence-electron chi connectivity index (χ1n) is 8.60. The van der Waals surface area contributed by atoms with E-state index >= 15 is 0 Å². The zero-order valence-electron chi connectivity index (χ0n) is 14.7. The van der Waals surface area contributed by atoms with Gasteiger partial charge in [0, 0.05) is 18.6 Å². The predicted molar refractivity (Wildman–Crippen MR) is 95.9 cm³/mol. The van der Waals surface area contributed by atoms with Gasteiger partial charge >= 0.3 is 6.09 Å². The highest BCUT2D eigenvalue weighted by atomic mass is 32.1. The van der Waals surface area contributed by atoms with Crippen LogP contribution in [-0.2, 0) is 4.74 Å². The summed E-state index contributed by atoms with van der Waals surface area (Å²) in [4.78, 5) is 11.9. The lowest BCUT2D eigenvalue weighted by Crippen LogP contribution is -2.45. The number of carbonyl (C=O) groups is 1. The quantitative estimate of drug-likeness (QED) is 0.832. The number of amides is 1. The van der Waals surface area contributed by atoms with Crippen LogP contribution >= 0.6 is 11.3 Å². The van der Waals surface area contributed by atoms with Crippen LogP contribution in [0.15, 0.2) is 16.8 Å². The molecule has 0 radical (unpaired) electrons. The molecule has 2 rings (SSSR count). The van der Waals surface area contributed by atoms with Crippen molar-refractivity contribution in [3.63, 3.8) is 0 Å². The van der Waals surface area contributed by atoms with Crippen molar-refractivity contribution < 1.29 is 9.53 Å². The molecule has 4 nitrogen and oxygen atoms in total. The molecule has 1 aromatic rings. The third-order valence-corrected chi connectivity index (χ3v) is 5.03. The lowest BCUT2D eigenvalue weighted by Gasteiger charge is -2.34. The fourth-order valence-corrected chi connectivity index (χ4v) is 3.89. The van der Waals surface area contributed by atoms with Crippen LogP contribution in [0.3, 0.4) is 0 Å². The van der Waals surface area contributed by atoms with Crippen LogP contribution in [0.2, 0.25) is 0 Å². The monoisotopic (exact) mass is 338 g/mol. The Morgan fingerprint density at radius 2 is 2.13 bits per heavy atom. The van der Waals surface area contributed by atoms with Gasteiger partial charge < -0.3 is 15.4 Å². The Morgan fingerprint density at radius 1 is 1.39 bits per heavy atom. The molecule has 1 aliphatic carbocycles. The molecule has 3 unspecified atom stereocenters. The smallest absolute Gasteiger partial charge is 0.407 e. The number of carbonyl (C=O) groups excluding carboxylic acids is 1. The maximum Gasteiger partial charge on any atom is 0.407 e. The second-order valence-electron chi connectivity index (χ2n) is 7.48. The lowest BCUT2D eigenvalue weighted by molar-refractivity contribution is 0.0510. The molecule has 0 saturated heterocycles. The van der Waals surface area contributed by atoms with Crippen molar-refractivity contribution in [2.24, 2.45) is 5.92 Å². The molecule has 1 aromatic heterocycles. The summed E-state index contributed by atoms with van der Waals surface area (Å²) in [5.41, 5.74) is 0.904. The van der Waals surface area contributed by atoms with Gasteiger partial charge in [-0.1, -0.05) is 12.8 Å². The summed E-state index contributed by atoms with van der Waals surface area (Å²) in [6.45, 7) is 8.57. The molecule has 0 bridgehead atoms. The number of hydrogen-bond donors (Lipinski definition) is 2. The molecule has 5 heteroatoms. The van der Waals surface area contributed by atoms with Crippen molar-refractivity contribution in [1.29, 1.82) is 0 Å². The highest BCUT2D eigenvalue weighted by molar-refractivity contribution is 7.07. The molecule has 0 spiro atoms. The van der Waals surface area contributed by atoms with Crippen LogP contribution in [0.4, 0.5) is 4.79 Å². The molecular formula is C18H30N2O2S. The van der Waals surface area contributed by atoms with E-state index in [0.29, 0.717) is 24.5 Å². The Labute approximate surface area is 144 Å². The summed E-state index contributed by atoms with van der Waals surface area (Å²) < 4.78 is 5.33. The van der Waals surface area contributed by atoms with Crippen LogP contribution in [0, 0.1) is 5.92 Å². The Bertz CT molecular complexity index is 482. The van der Waals surface area contributed by atoms with Crippen LogP contribution in [0.5, 0.6) is 0 Å². The molecule has 1 heterocycles. The normalized spacial score (nSPS) is 23.3. The van der Waals surface area contributed by atoms with Gasteiger partial charge in [0.15, 0.2) is 0 Å². The fourth-order valence-electron chi connectivity index (χ4n) is 3.14. The number of ether oxygens (including phenoxy) is 1. The number of nitrogens with one attached hydrogen (secondary N) is 2. The first kappa shape index (κ1) is 18.3. The lowest BCUT2D eigenvalue weighted by atomic mass is 9.84. The molecule has 130 valence electrons. The highest BCUT2D eigenvalue weighted by Crippen LogP contribution is 2.27. The number of alkyl carbamates (subject to hydrolysis) is 1. The summed E-state index contributed by atoms with van der Waals surface area (Å²) in [7, 11) is 0. The van der Waals surface area contributed by atoms with Gasteiger partial charge in [-0.3, -0.25) is 0 Å². The maximum absolute atomic E-state index is 11.9. The molecule has 23 heavy (non-hydrogen) atoms. The Kier molecular flexibility index (Phi) is 6.48. The van der Waals surface area contributed by atoms with Gasteiger partial charge in [-0.05, 0) is 68.8 Å². The minimum atomic E-state index is -0.443. The Morgan fingerprint density at radius 3 is 2.78 bits per heavy atom. The van der Waals surface area contributed by atoms with Crippen molar-refractivity contribution in [2.75, 3.05) is 6.54 Å². The number of hydrogen-bond acceptors (Lipinski definition) is 4. The summed E-state index contributed by atoms with van der Waals surface area (Å²) in [6, 6.07) is 2.99. The predicted octanol–water partition coefficient (Wildman–Crippen LogP) is 4.48. The van der Waals surface area contributed by atoms with E-state index < -0.39 is 5.60 Å². The Hall–Kier alpha value is -1.07. The van der Waals surface area contributed by atoms with E-state index in [0.717, 1.165) is 6.42 Å². The van der Waals surface area contributed by atoms with E-state index in [1.54, 1.807) is 11.3 Å². The molecule has 1 aliphatic rings. The second kappa shape index (κ2) is 8.15. The van der Waals surface area contributed by atoms with Gasteiger partial charge in [0.05, 0.1) is 0 Å². The average Bonchev–Trinajstić information content (AvgIpc) is 2.99. The van der Waals surface area contributed by atoms with Gasteiger partial charge in [-0.2, -0.15) is 11.3 Å². The van der Waals surface area contributed by atoms with E-state index in [1.807, 2.05) is 20.8 Å². The van der Waals surface area contributed by atoms with Crippen molar-refractivity contribution in [3.05, 3.63) is 22.4 Å². The first-order chi connectivity index (χ1) is 10.8. The molecule has 0 aromatic carbocycles. The summed E-state index contributed by atoms with van der Waals surface area (Å²) in [5, 5.41) is 11.0. The van der Waals surface area contributed by atoms with Crippen molar-refractivity contribution in [1.82, 2.24) is 10.6 Å². The molecular weight excluding hydrogens is 308 g/mol. The average molecular weight is 339 g/mol. The zero-order chi connectivity index (χ0) is 16.9. The third kappa shape index (κ3) is 6.15. The van der Waals surface area contributed by atoms with Gasteiger partial charge in [0.2, 0.25) is 0 Å². The minimum Gasteiger partial charge on any atom is -0.444 e. The minimum absolute atomic E-state index is 0.312. The summed E-state index contributed by atoms with van der Waals surface area (Å²) >= 11 is 1.74. The third-order valence-electron chi connectivity index (χ3n) is 4.32. The summed E-state index contributed by atoms with van der Waals surface area (Å²) in [5.74, 6) is 0.470. The van der Waals surface area contributed by atoms with E-state index in [4.69, 9.17) is 4.74 Å². The number of thiophene rings is 1. The van der Waals surface area contributed by atoms with Crippen LogP contribution in [0.25, 0.3) is 0 Å². The van der Waals surface area contributed by atoms with E-state index in [9.17, 15) is 4.79 Å². The molecule has 2 N–H and O–H groups in total. The highest BCUT2D eigenvalue weighted by Gasteiger charge is 2.27. The zero-order valence-corrected chi connectivity index (χ0v) is 15.5. The van der Waals surface area contributed by atoms with Crippen LogP contribution in [-0.4, -0.2) is 24.3 Å². The summed E-state index contributed by atoms with van der Waals surface area (Å²) in [6.07, 6.45) is 4.52. The van der Waals surface area contributed by atoms with Crippen molar-refractivity contribution >= 4 is 17.4 Å². The number of rotatable bonds is 5. The molecule has 1 amide bonds.